The van der Waals surface area contributed by atoms with E-state index in [-0.39, 0.29) is 17.4 Å². The van der Waals surface area contributed by atoms with Crippen molar-refractivity contribution in [1.82, 2.24) is 0 Å². The average molecular weight is 474 g/mol. The molecule has 32 heavy (non-hydrogen) atoms. The predicted molar refractivity (Wildman–Crippen MR) is 109 cm³/mol. The van der Waals surface area contributed by atoms with E-state index in [2.05, 4.69) is 0 Å². The lowest BCUT2D eigenvalue weighted by Crippen LogP contribution is -2.53. The SMILES string of the molecule is CC(=O)OC[C@@H]1O[C@@H](Oc2cc(N)ccc2Cl)[C@H](CC(=O)O)[C@@H](CC(=O)O)[C@H]1CC(=O)O. The second-order valence-electron chi connectivity index (χ2n) is 7.44. The van der Waals surface area contributed by atoms with Crippen molar-refractivity contribution in [2.45, 2.75) is 38.6 Å². The number of carboxylic acid groups (broad SMARTS) is 3. The summed E-state index contributed by atoms with van der Waals surface area (Å²) in [5, 5.41) is 28.4. The fourth-order valence-electron chi connectivity index (χ4n) is 3.82. The van der Waals surface area contributed by atoms with Gasteiger partial charge in [-0.1, -0.05) is 11.6 Å². The number of benzene rings is 1. The lowest BCUT2D eigenvalue weighted by molar-refractivity contribution is -0.237. The molecular weight excluding hydrogens is 450 g/mol. The maximum Gasteiger partial charge on any atom is 0.303 e. The summed E-state index contributed by atoms with van der Waals surface area (Å²) >= 11 is 6.13. The summed E-state index contributed by atoms with van der Waals surface area (Å²) in [6, 6.07) is 4.37. The van der Waals surface area contributed by atoms with Gasteiger partial charge in [0.1, 0.15) is 12.4 Å². The minimum absolute atomic E-state index is 0.0732. The third-order valence-electron chi connectivity index (χ3n) is 5.12. The smallest absolute Gasteiger partial charge is 0.303 e. The second-order valence-corrected chi connectivity index (χ2v) is 7.85. The number of hydrogen-bond acceptors (Lipinski definition) is 8. The number of esters is 1. The number of ether oxygens (including phenoxy) is 3. The molecule has 0 aliphatic carbocycles. The molecule has 1 fully saturated rings. The Bertz CT molecular complexity index is 876. The zero-order valence-electron chi connectivity index (χ0n) is 17.1. The van der Waals surface area contributed by atoms with Gasteiger partial charge in [0.15, 0.2) is 0 Å². The van der Waals surface area contributed by atoms with Crippen molar-refractivity contribution < 1.29 is 48.7 Å². The van der Waals surface area contributed by atoms with Crippen LogP contribution in [0, 0.1) is 17.8 Å². The number of carbonyl (C=O) groups is 4. The van der Waals surface area contributed by atoms with E-state index in [9.17, 15) is 34.5 Å². The van der Waals surface area contributed by atoms with Crippen LogP contribution in [0.15, 0.2) is 18.2 Å². The molecule has 0 spiro atoms. The quantitative estimate of drug-likeness (QED) is 0.287. The van der Waals surface area contributed by atoms with E-state index in [1.54, 1.807) is 0 Å². The highest BCUT2D eigenvalue weighted by Gasteiger charge is 2.49. The van der Waals surface area contributed by atoms with Crippen LogP contribution in [0.5, 0.6) is 5.75 Å². The molecule has 12 heteroatoms. The Morgan fingerprint density at radius 3 is 2.12 bits per heavy atom. The van der Waals surface area contributed by atoms with Crippen LogP contribution in [0.2, 0.25) is 5.02 Å². The number of carboxylic acids is 3. The van der Waals surface area contributed by atoms with E-state index >= 15 is 0 Å². The number of halogens is 1. The summed E-state index contributed by atoms with van der Waals surface area (Å²) < 4.78 is 16.6. The van der Waals surface area contributed by atoms with Crippen molar-refractivity contribution in [3.05, 3.63) is 23.2 Å². The van der Waals surface area contributed by atoms with Crippen molar-refractivity contribution in [1.29, 1.82) is 0 Å². The number of carbonyl (C=O) groups excluding carboxylic acids is 1. The monoisotopic (exact) mass is 473 g/mol. The van der Waals surface area contributed by atoms with Gasteiger partial charge in [0.2, 0.25) is 6.29 Å². The summed E-state index contributed by atoms with van der Waals surface area (Å²) in [4.78, 5) is 45.9. The fraction of sp³-hybridized carbons (Fsp3) is 0.500. The molecule has 11 nitrogen and oxygen atoms in total. The van der Waals surface area contributed by atoms with Gasteiger partial charge in [-0.05, 0) is 18.1 Å². The van der Waals surface area contributed by atoms with Gasteiger partial charge in [0.25, 0.3) is 0 Å². The summed E-state index contributed by atoms with van der Waals surface area (Å²) in [6.45, 7) is 0.783. The molecule has 0 bridgehead atoms. The van der Waals surface area contributed by atoms with Gasteiger partial charge in [-0.15, -0.1) is 0 Å². The molecule has 1 heterocycles. The van der Waals surface area contributed by atoms with E-state index in [4.69, 9.17) is 31.5 Å². The molecule has 0 aromatic heterocycles. The van der Waals surface area contributed by atoms with Crippen LogP contribution in [0.3, 0.4) is 0 Å². The molecule has 176 valence electrons. The van der Waals surface area contributed by atoms with E-state index in [1.165, 1.54) is 18.2 Å². The maximum atomic E-state index is 11.6. The Morgan fingerprint density at radius 2 is 1.56 bits per heavy atom. The summed E-state index contributed by atoms with van der Waals surface area (Å²) in [5.41, 5.74) is 6.06. The van der Waals surface area contributed by atoms with Gasteiger partial charge in [-0.3, -0.25) is 19.2 Å². The molecule has 5 atom stereocenters. The Labute approximate surface area is 188 Å². The van der Waals surface area contributed by atoms with Crippen molar-refractivity contribution in [3.63, 3.8) is 0 Å². The summed E-state index contributed by atoms with van der Waals surface area (Å²) in [7, 11) is 0. The fourth-order valence-corrected chi connectivity index (χ4v) is 3.98. The molecule has 1 aromatic rings. The zero-order chi connectivity index (χ0) is 24.0. The van der Waals surface area contributed by atoms with E-state index in [0.29, 0.717) is 5.69 Å². The van der Waals surface area contributed by atoms with Crippen molar-refractivity contribution in [2.24, 2.45) is 17.8 Å². The van der Waals surface area contributed by atoms with E-state index in [1.807, 2.05) is 0 Å². The van der Waals surface area contributed by atoms with Gasteiger partial charge in [0.05, 0.1) is 24.0 Å². The third-order valence-corrected chi connectivity index (χ3v) is 5.43. The lowest BCUT2D eigenvalue weighted by Gasteiger charge is -2.45. The molecule has 0 amide bonds. The summed E-state index contributed by atoms with van der Waals surface area (Å²) in [5.74, 6) is -7.30. The molecular formula is C20H24ClNO10. The van der Waals surface area contributed by atoms with Crippen LogP contribution in [-0.2, 0) is 28.7 Å². The number of nitrogen functional groups attached to an aromatic ring is 1. The van der Waals surface area contributed by atoms with Gasteiger partial charge < -0.3 is 35.3 Å². The van der Waals surface area contributed by atoms with Crippen LogP contribution in [0.25, 0.3) is 0 Å². The first kappa shape index (κ1) is 25.2. The summed E-state index contributed by atoms with van der Waals surface area (Å²) in [6.07, 6.45) is -4.00. The lowest BCUT2D eigenvalue weighted by atomic mass is 9.71. The molecule has 1 aromatic carbocycles. The van der Waals surface area contributed by atoms with Gasteiger partial charge >= 0.3 is 23.9 Å². The van der Waals surface area contributed by atoms with Crippen LogP contribution < -0.4 is 10.5 Å². The van der Waals surface area contributed by atoms with Crippen LogP contribution in [0.4, 0.5) is 5.69 Å². The highest BCUT2D eigenvalue weighted by atomic mass is 35.5. The standard InChI is InChI=1S/C20H24ClNO10/c1-9(23)30-8-16-12(6-18(26)27)11(5-17(24)25)13(7-19(28)29)20(32-16)31-15-4-10(22)2-3-14(15)21/h2-4,11-13,16,20H,5-8,22H2,1H3,(H,24,25)(H,26,27)(H,28,29)/t11-,12+,13+,16-,20+/m0/s1. The molecule has 0 unspecified atom stereocenters. The Hall–Kier alpha value is -3.05. The number of rotatable bonds is 10. The van der Waals surface area contributed by atoms with Crippen LogP contribution >= 0.6 is 11.6 Å². The largest absolute Gasteiger partial charge is 0.481 e. The first-order valence-electron chi connectivity index (χ1n) is 9.63. The van der Waals surface area contributed by atoms with Crippen molar-refractivity contribution in [3.8, 4) is 5.75 Å². The number of nitrogens with two attached hydrogens (primary N) is 1. The molecule has 1 saturated heterocycles. The minimum Gasteiger partial charge on any atom is -0.481 e. The number of aliphatic carboxylic acids is 3. The molecule has 5 N–H and O–H groups in total. The van der Waals surface area contributed by atoms with Crippen LogP contribution in [-0.4, -0.2) is 58.2 Å². The Kier molecular flexibility index (Phi) is 8.67. The molecule has 0 radical (unpaired) electrons. The van der Waals surface area contributed by atoms with Crippen LogP contribution in [0.1, 0.15) is 26.2 Å². The average Bonchev–Trinajstić information content (AvgIpc) is 2.66. The predicted octanol–water partition coefficient (Wildman–Crippen LogP) is 1.86. The van der Waals surface area contributed by atoms with Gasteiger partial charge in [0, 0.05) is 36.9 Å². The Morgan fingerprint density at radius 1 is 1.00 bits per heavy atom. The number of anilines is 1. The molecule has 2 rings (SSSR count). The zero-order valence-corrected chi connectivity index (χ0v) is 17.9. The highest BCUT2D eigenvalue weighted by Crippen LogP contribution is 2.43. The topological polar surface area (TPSA) is 183 Å². The van der Waals surface area contributed by atoms with E-state index in [0.717, 1.165) is 6.92 Å². The maximum absolute atomic E-state index is 11.6. The first-order valence-corrected chi connectivity index (χ1v) is 10.0. The van der Waals surface area contributed by atoms with E-state index < -0.39 is 73.3 Å². The van der Waals surface area contributed by atoms with Crippen molar-refractivity contribution >= 4 is 41.2 Å². The molecule has 1 aliphatic rings. The minimum atomic E-state index is -1.32. The van der Waals surface area contributed by atoms with Crippen molar-refractivity contribution in [2.75, 3.05) is 12.3 Å². The second kappa shape index (κ2) is 11.0. The first-order chi connectivity index (χ1) is 15.0. The Balaban J connectivity index is 2.49. The number of hydrogen-bond donors (Lipinski definition) is 4. The highest BCUT2D eigenvalue weighted by molar-refractivity contribution is 6.32. The normalized spacial score (nSPS) is 25.0. The molecule has 0 saturated carbocycles. The van der Waals surface area contributed by atoms with Gasteiger partial charge in [-0.2, -0.15) is 0 Å². The van der Waals surface area contributed by atoms with Gasteiger partial charge in [-0.25, -0.2) is 0 Å². The third kappa shape index (κ3) is 6.99. The molecule has 1 aliphatic heterocycles.